The summed E-state index contributed by atoms with van der Waals surface area (Å²) in [4.78, 5) is 12.0. The molecule has 1 heterocycles. The molecule has 0 bridgehead atoms. The highest BCUT2D eigenvalue weighted by molar-refractivity contribution is 7.88. The third-order valence-corrected chi connectivity index (χ3v) is 6.83. The molecular formula is C20H24N2O4S. The van der Waals surface area contributed by atoms with Crippen LogP contribution in [0, 0.1) is 0 Å². The Morgan fingerprint density at radius 3 is 2.07 bits per heavy atom. The molecule has 27 heavy (non-hydrogen) atoms. The fourth-order valence-electron chi connectivity index (χ4n) is 3.42. The minimum Gasteiger partial charge on any atom is -0.372 e. The minimum atomic E-state index is -3.37. The van der Waals surface area contributed by atoms with Crippen molar-refractivity contribution in [2.24, 2.45) is 5.73 Å². The number of amides is 1. The second kappa shape index (κ2) is 7.80. The van der Waals surface area contributed by atoms with Gasteiger partial charge in [-0.3, -0.25) is 4.79 Å². The van der Waals surface area contributed by atoms with E-state index in [4.69, 9.17) is 5.73 Å². The van der Waals surface area contributed by atoms with Gasteiger partial charge in [-0.1, -0.05) is 61.0 Å². The fraction of sp³-hybridized carbons (Fsp3) is 0.350. The summed E-state index contributed by atoms with van der Waals surface area (Å²) in [7, 11) is -3.37. The first kappa shape index (κ1) is 19.5. The summed E-state index contributed by atoms with van der Waals surface area (Å²) in [5, 5.41) is 11.0. The third kappa shape index (κ3) is 4.05. The average Bonchev–Trinajstić information content (AvgIpc) is 2.69. The Labute approximate surface area is 159 Å². The van der Waals surface area contributed by atoms with E-state index in [1.807, 2.05) is 0 Å². The van der Waals surface area contributed by atoms with Gasteiger partial charge in [0.1, 0.15) is 0 Å². The van der Waals surface area contributed by atoms with Crippen LogP contribution >= 0.6 is 0 Å². The first-order valence-electron chi connectivity index (χ1n) is 8.99. The molecular weight excluding hydrogens is 364 g/mol. The van der Waals surface area contributed by atoms with Gasteiger partial charge >= 0.3 is 0 Å². The van der Waals surface area contributed by atoms with E-state index in [1.54, 1.807) is 54.6 Å². The van der Waals surface area contributed by atoms with E-state index in [0.717, 1.165) is 19.3 Å². The number of nitrogens with two attached hydrogens (primary N) is 1. The predicted octanol–water partition coefficient (Wildman–Crippen LogP) is 1.72. The smallest absolute Gasteiger partial charge is 0.258 e. The molecule has 2 aromatic rings. The molecule has 2 aromatic carbocycles. The van der Waals surface area contributed by atoms with Crippen molar-refractivity contribution in [2.75, 3.05) is 13.1 Å². The van der Waals surface area contributed by atoms with Crippen molar-refractivity contribution >= 4 is 15.9 Å². The van der Waals surface area contributed by atoms with E-state index in [1.165, 1.54) is 4.31 Å². The molecule has 0 aromatic heterocycles. The second-order valence-corrected chi connectivity index (χ2v) is 8.82. The normalized spacial score (nSPS) is 18.0. The highest BCUT2D eigenvalue weighted by Crippen LogP contribution is 2.30. The molecule has 0 radical (unpaired) electrons. The predicted molar refractivity (Wildman–Crippen MR) is 103 cm³/mol. The average molecular weight is 388 g/mol. The molecule has 0 spiro atoms. The molecule has 1 unspecified atom stereocenters. The number of sulfonamides is 1. The van der Waals surface area contributed by atoms with Gasteiger partial charge in [0.2, 0.25) is 10.0 Å². The number of piperidine rings is 1. The second-order valence-electron chi connectivity index (χ2n) is 6.85. The van der Waals surface area contributed by atoms with Crippen molar-refractivity contribution in [1.82, 2.24) is 4.31 Å². The molecule has 7 heteroatoms. The summed E-state index contributed by atoms with van der Waals surface area (Å²) in [5.74, 6) is -0.990. The number of primary amides is 1. The highest BCUT2D eigenvalue weighted by Gasteiger charge is 2.38. The summed E-state index contributed by atoms with van der Waals surface area (Å²) in [6, 6.07) is 14.8. The number of benzene rings is 2. The first-order valence-corrected chi connectivity index (χ1v) is 10.6. The Bertz CT molecular complexity index is 891. The van der Waals surface area contributed by atoms with Gasteiger partial charge in [0, 0.05) is 13.1 Å². The van der Waals surface area contributed by atoms with Gasteiger partial charge in [0.15, 0.2) is 5.60 Å². The zero-order chi connectivity index (χ0) is 19.5. The monoisotopic (exact) mass is 388 g/mol. The van der Waals surface area contributed by atoms with Crippen molar-refractivity contribution in [3.05, 3.63) is 71.3 Å². The molecule has 1 aliphatic rings. The van der Waals surface area contributed by atoms with Crippen LogP contribution < -0.4 is 5.73 Å². The maximum Gasteiger partial charge on any atom is 0.258 e. The van der Waals surface area contributed by atoms with Crippen LogP contribution in [-0.2, 0) is 26.2 Å². The Balaban J connectivity index is 1.85. The molecule has 1 fully saturated rings. The number of nitrogens with zero attached hydrogens (tertiary/aromatic N) is 1. The minimum absolute atomic E-state index is 0.104. The summed E-state index contributed by atoms with van der Waals surface area (Å²) in [6.07, 6.45) is 2.84. The van der Waals surface area contributed by atoms with Crippen LogP contribution in [0.2, 0.25) is 0 Å². The van der Waals surface area contributed by atoms with Crippen LogP contribution in [0.1, 0.15) is 36.0 Å². The molecule has 1 atom stereocenters. The van der Waals surface area contributed by atoms with Crippen molar-refractivity contribution in [3.8, 4) is 0 Å². The zero-order valence-electron chi connectivity index (χ0n) is 15.0. The van der Waals surface area contributed by atoms with Gasteiger partial charge in [-0.2, -0.15) is 0 Å². The maximum atomic E-state index is 12.6. The first-order chi connectivity index (χ1) is 12.8. The molecule has 0 saturated carbocycles. The lowest BCUT2D eigenvalue weighted by atomic mass is 9.85. The Morgan fingerprint density at radius 2 is 1.52 bits per heavy atom. The van der Waals surface area contributed by atoms with E-state index in [2.05, 4.69) is 0 Å². The molecule has 1 saturated heterocycles. The quantitative estimate of drug-likeness (QED) is 0.787. The van der Waals surface area contributed by atoms with Gasteiger partial charge in [-0.05, 0) is 29.5 Å². The molecule has 1 amide bonds. The van der Waals surface area contributed by atoms with E-state index < -0.39 is 21.5 Å². The van der Waals surface area contributed by atoms with E-state index >= 15 is 0 Å². The molecule has 3 N–H and O–H groups in total. The Hall–Kier alpha value is -2.22. The summed E-state index contributed by atoms with van der Waals surface area (Å²) < 4.78 is 26.7. The summed E-state index contributed by atoms with van der Waals surface area (Å²) in [6.45, 7) is 1.13. The van der Waals surface area contributed by atoms with Gasteiger partial charge in [0.05, 0.1) is 5.75 Å². The number of hydrogen-bond acceptors (Lipinski definition) is 4. The van der Waals surface area contributed by atoms with E-state index in [0.29, 0.717) is 29.8 Å². The van der Waals surface area contributed by atoms with Crippen LogP contribution in [0.5, 0.6) is 0 Å². The van der Waals surface area contributed by atoms with Gasteiger partial charge in [-0.15, -0.1) is 0 Å². The van der Waals surface area contributed by atoms with Crippen LogP contribution in [0.25, 0.3) is 0 Å². The molecule has 0 aliphatic carbocycles. The lowest BCUT2D eigenvalue weighted by Gasteiger charge is -2.27. The van der Waals surface area contributed by atoms with Crippen molar-refractivity contribution < 1.29 is 18.3 Å². The Kier molecular flexibility index (Phi) is 5.64. The van der Waals surface area contributed by atoms with Crippen LogP contribution in [0.15, 0.2) is 54.6 Å². The number of aliphatic hydroxyl groups is 1. The number of rotatable bonds is 6. The van der Waals surface area contributed by atoms with Gasteiger partial charge in [-0.25, -0.2) is 12.7 Å². The van der Waals surface area contributed by atoms with Crippen molar-refractivity contribution in [2.45, 2.75) is 30.6 Å². The van der Waals surface area contributed by atoms with Crippen molar-refractivity contribution in [3.63, 3.8) is 0 Å². The summed E-state index contributed by atoms with van der Waals surface area (Å²) >= 11 is 0. The van der Waals surface area contributed by atoms with Gasteiger partial charge in [0.25, 0.3) is 5.91 Å². The van der Waals surface area contributed by atoms with Crippen LogP contribution in [0.4, 0.5) is 0 Å². The van der Waals surface area contributed by atoms with Gasteiger partial charge < -0.3 is 10.8 Å². The number of carbonyl (C=O) groups excluding carboxylic acids is 1. The van der Waals surface area contributed by atoms with Crippen molar-refractivity contribution in [1.29, 1.82) is 0 Å². The fourth-order valence-corrected chi connectivity index (χ4v) is 5.03. The largest absolute Gasteiger partial charge is 0.372 e. The SMILES string of the molecule is NC(=O)C(O)(c1ccccc1)c1ccc(CS(=O)(=O)N2CCCCC2)cc1. The lowest BCUT2D eigenvalue weighted by Crippen LogP contribution is -2.42. The van der Waals surface area contributed by atoms with E-state index in [-0.39, 0.29) is 5.75 Å². The molecule has 6 nitrogen and oxygen atoms in total. The Morgan fingerprint density at radius 1 is 0.963 bits per heavy atom. The zero-order valence-corrected chi connectivity index (χ0v) is 15.9. The van der Waals surface area contributed by atoms with Crippen LogP contribution in [-0.4, -0.2) is 36.8 Å². The van der Waals surface area contributed by atoms with E-state index in [9.17, 15) is 18.3 Å². The topological polar surface area (TPSA) is 101 Å². The lowest BCUT2D eigenvalue weighted by molar-refractivity contribution is -0.133. The summed E-state index contributed by atoms with van der Waals surface area (Å²) in [5.41, 5.74) is 4.79. The van der Waals surface area contributed by atoms with Crippen LogP contribution in [0.3, 0.4) is 0 Å². The maximum absolute atomic E-state index is 12.6. The molecule has 1 aliphatic heterocycles. The molecule has 144 valence electrons. The standard InChI is InChI=1S/C20H24N2O4S/c21-19(23)20(24,17-7-3-1-4-8-17)18-11-9-16(10-12-18)15-27(25,26)22-13-5-2-6-14-22/h1,3-4,7-12,24H,2,5-6,13-15H2,(H2,21,23). The number of carbonyl (C=O) groups is 1. The third-order valence-electron chi connectivity index (χ3n) is 4.98. The highest BCUT2D eigenvalue weighted by atomic mass is 32.2. The number of hydrogen-bond donors (Lipinski definition) is 2. The molecule has 3 rings (SSSR count).